The van der Waals surface area contributed by atoms with E-state index in [2.05, 4.69) is 10.6 Å². The molecular formula is C14H14N2O4. The smallest absolute Gasteiger partial charge is 0.322 e. The molecule has 0 aliphatic carbocycles. The van der Waals surface area contributed by atoms with E-state index < -0.39 is 11.9 Å². The largest absolute Gasteiger partial charge is 0.496 e. The number of rotatable bonds is 4. The Morgan fingerprint density at radius 1 is 1.20 bits per heavy atom. The summed E-state index contributed by atoms with van der Waals surface area (Å²) < 4.78 is 10.1. The highest BCUT2D eigenvalue weighted by atomic mass is 16.5. The molecule has 0 spiro atoms. The standard InChI is InChI=1S/C14H14N2O4/c1-19-12-7-3-2-6-11(12)13(17)16-14(18)15-9-10-5-4-8-20-10/h2-8H,9H2,1H3,(H2,15,16,17,18). The summed E-state index contributed by atoms with van der Waals surface area (Å²) in [5, 5.41) is 4.74. The van der Waals surface area contributed by atoms with Crippen molar-refractivity contribution in [3.8, 4) is 5.75 Å². The van der Waals surface area contributed by atoms with Crippen LogP contribution in [0.3, 0.4) is 0 Å². The maximum Gasteiger partial charge on any atom is 0.322 e. The molecule has 0 aliphatic rings. The Morgan fingerprint density at radius 2 is 2.00 bits per heavy atom. The molecule has 0 radical (unpaired) electrons. The molecule has 0 bridgehead atoms. The van der Waals surface area contributed by atoms with Crippen molar-refractivity contribution in [1.29, 1.82) is 0 Å². The minimum atomic E-state index is -0.600. The zero-order valence-electron chi connectivity index (χ0n) is 10.9. The Kier molecular flexibility index (Phi) is 4.39. The van der Waals surface area contributed by atoms with Crippen LogP contribution < -0.4 is 15.4 Å². The van der Waals surface area contributed by atoms with E-state index in [1.54, 1.807) is 36.4 Å². The summed E-state index contributed by atoms with van der Waals surface area (Å²) in [6, 6.07) is 9.50. The number of imide groups is 1. The first-order valence-electron chi connectivity index (χ1n) is 5.95. The third-order valence-corrected chi connectivity index (χ3v) is 2.58. The molecule has 2 aromatic rings. The summed E-state index contributed by atoms with van der Waals surface area (Å²) in [5.74, 6) is 0.480. The van der Waals surface area contributed by atoms with Crippen molar-refractivity contribution in [1.82, 2.24) is 10.6 Å². The first kappa shape index (κ1) is 13.7. The summed E-state index contributed by atoms with van der Waals surface area (Å²) in [6.45, 7) is 0.206. The second-order valence-electron chi connectivity index (χ2n) is 3.92. The monoisotopic (exact) mass is 274 g/mol. The molecule has 0 saturated carbocycles. The number of carbonyl (C=O) groups is 2. The van der Waals surface area contributed by atoms with Gasteiger partial charge in [-0.15, -0.1) is 0 Å². The van der Waals surface area contributed by atoms with E-state index in [0.717, 1.165) is 0 Å². The summed E-state index contributed by atoms with van der Waals surface area (Å²) in [7, 11) is 1.46. The number of nitrogens with one attached hydrogen (secondary N) is 2. The number of hydrogen-bond donors (Lipinski definition) is 2. The molecule has 0 unspecified atom stereocenters. The van der Waals surface area contributed by atoms with Crippen LogP contribution in [0.15, 0.2) is 47.1 Å². The van der Waals surface area contributed by atoms with Gasteiger partial charge in [-0.05, 0) is 24.3 Å². The second kappa shape index (κ2) is 6.42. The average Bonchev–Trinajstić information content (AvgIpc) is 2.98. The Bertz CT molecular complexity index is 593. The molecule has 2 N–H and O–H groups in total. The van der Waals surface area contributed by atoms with Crippen molar-refractivity contribution >= 4 is 11.9 Å². The molecule has 6 heteroatoms. The van der Waals surface area contributed by atoms with E-state index in [0.29, 0.717) is 17.1 Å². The first-order chi connectivity index (χ1) is 9.70. The van der Waals surface area contributed by atoms with Gasteiger partial charge in [0, 0.05) is 0 Å². The van der Waals surface area contributed by atoms with Crippen molar-refractivity contribution < 1.29 is 18.7 Å². The van der Waals surface area contributed by atoms with Crippen LogP contribution in [0.5, 0.6) is 5.75 Å². The van der Waals surface area contributed by atoms with Gasteiger partial charge in [0.15, 0.2) is 0 Å². The lowest BCUT2D eigenvalue weighted by Gasteiger charge is -2.08. The lowest BCUT2D eigenvalue weighted by Crippen LogP contribution is -2.39. The van der Waals surface area contributed by atoms with Gasteiger partial charge in [-0.25, -0.2) is 4.79 Å². The molecule has 0 aliphatic heterocycles. The molecule has 0 atom stereocenters. The van der Waals surface area contributed by atoms with Crippen molar-refractivity contribution in [2.75, 3.05) is 7.11 Å². The summed E-state index contributed by atoms with van der Waals surface area (Å²) in [4.78, 5) is 23.5. The number of urea groups is 1. The summed E-state index contributed by atoms with van der Waals surface area (Å²) in [6.07, 6.45) is 1.51. The summed E-state index contributed by atoms with van der Waals surface area (Å²) in [5.41, 5.74) is 0.295. The average molecular weight is 274 g/mol. The van der Waals surface area contributed by atoms with Crippen molar-refractivity contribution in [3.05, 3.63) is 54.0 Å². The van der Waals surface area contributed by atoms with Crippen molar-refractivity contribution in [2.45, 2.75) is 6.54 Å². The number of para-hydroxylation sites is 1. The van der Waals surface area contributed by atoms with E-state index in [1.165, 1.54) is 13.4 Å². The topological polar surface area (TPSA) is 80.6 Å². The van der Waals surface area contributed by atoms with Gasteiger partial charge in [-0.2, -0.15) is 0 Å². The zero-order valence-corrected chi connectivity index (χ0v) is 10.9. The molecule has 0 saturated heterocycles. The number of hydrogen-bond acceptors (Lipinski definition) is 4. The minimum Gasteiger partial charge on any atom is -0.496 e. The molecule has 104 valence electrons. The number of amides is 3. The highest BCUT2D eigenvalue weighted by Gasteiger charge is 2.14. The fraction of sp³-hybridized carbons (Fsp3) is 0.143. The van der Waals surface area contributed by atoms with E-state index >= 15 is 0 Å². The van der Waals surface area contributed by atoms with Crippen LogP contribution in [-0.4, -0.2) is 19.0 Å². The maximum atomic E-state index is 11.9. The molecule has 0 fully saturated rings. The molecule has 2 rings (SSSR count). The number of methoxy groups -OCH3 is 1. The lowest BCUT2D eigenvalue weighted by molar-refractivity contribution is 0.0960. The fourth-order valence-electron chi connectivity index (χ4n) is 1.63. The van der Waals surface area contributed by atoms with E-state index in [9.17, 15) is 9.59 Å². The Morgan fingerprint density at radius 3 is 2.70 bits per heavy atom. The van der Waals surface area contributed by atoms with Gasteiger partial charge < -0.3 is 14.5 Å². The predicted octanol–water partition coefficient (Wildman–Crippen LogP) is 1.93. The van der Waals surface area contributed by atoms with Gasteiger partial charge in [-0.3, -0.25) is 10.1 Å². The van der Waals surface area contributed by atoms with Gasteiger partial charge in [0.2, 0.25) is 0 Å². The molecule has 6 nitrogen and oxygen atoms in total. The SMILES string of the molecule is COc1ccccc1C(=O)NC(=O)NCc1ccco1. The van der Waals surface area contributed by atoms with Gasteiger partial charge in [0.1, 0.15) is 11.5 Å². The number of carbonyl (C=O) groups excluding carboxylic acids is 2. The molecule has 1 aromatic heterocycles. The van der Waals surface area contributed by atoms with E-state index in [1.807, 2.05) is 0 Å². The number of ether oxygens (including phenoxy) is 1. The number of benzene rings is 1. The van der Waals surface area contributed by atoms with Crippen LogP contribution in [0.1, 0.15) is 16.1 Å². The van der Waals surface area contributed by atoms with Crippen LogP contribution in [0.2, 0.25) is 0 Å². The van der Waals surface area contributed by atoms with Crippen LogP contribution >= 0.6 is 0 Å². The molecule has 20 heavy (non-hydrogen) atoms. The molecule has 3 amide bonds. The number of furan rings is 1. The normalized spacial score (nSPS) is 9.85. The summed E-state index contributed by atoms with van der Waals surface area (Å²) >= 11 is 0. The van der Waals surface area contributed by atoms with Crippen LogP contribution in [0, 0.1) is 0 Å². The van der Waals surface area contributed by atoms with Gasteiger partial charge in [0.05, 0.1) is 25.5 Å². The van der Waals surface area contributed by atoms with Gasteiger partial charge in [0.25, 0.3) is 5.91 Å². The minimum absolute atomic E-state index is 0.206. The van der Waals surface area contributed by atoms with Crippen LogP contribution in [0.4, 0.5) is 4.79 Å². The van der Waals surface area contributed by atoms with Crippen molar-refractivity contribution in [2.24, 2.45) is 0 Å². The second-order valence-corrected chi connectivity index (χ2v) is 3.92. The quantitative estimate of drug-likeness (QED) is 0.892. The van der Waals surface area contributed by atoms with Crippen LogP contribution in [-0.2, 0) is 6.54 Å². The fourth-order valence-corrected chi connectivity index (χ4v) is 1.63. The maximum absolute atomic E-state index is 11.9. The lowest BCUT2D eigenvalue weighted by atomic mass is 10.2. The molecule has 1 aromatic carbocycles. The van der Waals surface area contributed by atoms with Gasteiger partial charge >= 0.3 is 6.03 Å². The zero-order chi connectivity index (χ0) is 14.4. The van der Waals surface area contributed by atoms with Crippen molar-refractivity contribution in [3.63, 3.8) is 0 Å². The highest BCUT2D eigenvalue weighted by molar-refractivity contribution is 6.05. The Balaban J connectivity index is 1.92. The van der Waals surface area contributed by atoms with E-state index in [-0.39, 0.29) is 6.54 Å². The first-order valence-corrected chi connectivity index (χ1v) is 5.95. The predicted molar refractivity (Wildman–Crippen MR) is 71.4 cm³/mol. The molecular weight excluding hydrogens is 260 g/mol. The molecule has 1 heterocycles. The van der Waals surface area contributed by atoms with E-state index in [4.69, 9.17) is 9.15 Å². The third-order valence-electron chi connectivity index (χ3n) is 2.58. The Labute approximate surface area is 115 Å². The van der Waals surface area contributed by atoms with Crippen LogP contribution in [0.25, 0.3) is 0 Å². The third kappa shape index (κ3) is 3.38. The Hall–Kier alpha value is -2.76. The van der Waals surface area contributed by atoms with Gasteiger partial charge in [-0.1, -0.05) is 12.1 Å². The highest BCUT2D eigenvalue weighted by Crippen LogP contribution is 2.16.